The molecule has 0 spiro atoms. The van der Waals surface area contributed by atoms with Gasteiger partial charge in [-0.25, -0.2) is 0 Å². The highest BCUT2D eigenvalue weighted by Crippen LogP contribution is 2.20. The fourth-order valence-corrected chi connectivity index (χ4v) is 2.29. The Balaban J connectivity index is 1.88. The summed E-state index contributed by atoms with van der Waals surface area (Å²) in [4.78, 5) is 13.8. The smallest absolute Gasteiger partial charge is 0.234 e. The molecule has 0 fully saturated rings. The molecule has 5 heteroatoms. The average molecular weight is 258 g/mol. The van der Waals surface area contributed by atoms with E-state index in [9.17, 15) is 4.79 Å². The van der Waals surface area contributed by atoms with E-state index in [1.165, 1.54) is 11.1 Å². The van der Waals surface area contributed by atoms with E-state index in [0.717, 1.165) is 25.2 Å². The summed E-state index contributed by atoms with van der Waals surface area (Å²) in [5, 5.41) is 11.2. The Kier molecular flexibility index (Phi) is 4.37. The number of rotatable bonds is 4. The highest BCUT2D eigenvalue weighted by molar-refractivity contribution is 5.78. The summed E-state index contributed by atoms with van der Waals surface area (Å²) in [6.45, 7) is 2.43. The molecule has 1 heterocycles. The highest BCUT2D eigenvalue weighted by atomic mass is 16.2. The number of nitrogens with two attached hydrogens (primary N) is 1. The van der Waals surface area contributed by atoms with Gasteiger partial charge in [-0.05, 0) is 29.7 Å². The number of nitrogens with one attached hydrogen (secondary N) is 1. The number of benzene rings is 1. The van der Waals surface area contributed by atoms with E-state index < -0.39 is 0 Å². The van der Waals surface area contributed by atoms with Gasteiger partial charge in [-0.2, -0.15) is 5.26 Å². The molecular formula is C14H18N4O. The van der Waals surface area contributed by atoms with Crippen LogP contribution in [-0.2, 0) is 17.8 Å². The second-order valence-electron chi connectivity index (χ2n) is 4.75. The zero-order chi connectivity index (χ0) is 13.7. The third-order valence-electron chi connectivity index (χ3n) is 3.25. The van der Waals surface area contributed by atoms with Crippen LogP contribution < -0.4 is 11.1 Å². The molecule has 1 amide bonds. The van der Waals surface area contributed by atoms with E-state index in [4.69, 9.17) is 11.0 Å². The van der Waals surface area contributed by atoms with Gasteiger partial charge in [-0.1, -0.05) is 6.07 Å². The fraction of sp³-hybridized carbons (Fsp3) is 0.429. The van der Waals surface area contributed by atoms with E-state index in [2.05, 4.69) is 16.3 Å². The first-order chi connectivity index (χ1) is 9.19. The van der Waals surface area contributed by atoms with Gasteiger partial charge in [0.25, 0.3) is 0 Å². The van der Waals surface area contributed by atoms with Gasteiger partial charge in [0.1, 0.15) is 0 Å². The predicted octanol–water partition coefficient (Wildman–Crippen LogP) is 0.657. The molecule has 19 heavy (non-hydrogen) atoms. The summed E-state index contributed by atoms with van der Waals surface area (Å²) in [5.41, 5.74) is 9.06. The molecule has 0 saturated carbocycles. The van der Waals surface area contributed by atoms with Crippen LogP contribution in [0.2, 0.25) is 0 Å². The summed E-state index contributed by atoms with van der Waals surface area (Å²) >= 11 is 0. The third-order valence-corrected chi connectivity index (χ3v) is 3.25. The number of carbonyl (C=O) groups excluding carboxylic acids is 1. The zero-order valence-electron chi connectivity index (χ0n) is 10.9. The molecule has 2 rings (SSSR count). The van der Waals surface area contributed by atoms with Gasteiger partial charge < -0.3 is 11.1 Å². The molecule has 3 N–H and O–H groups in total. The molecule has 0 unspecified atom stereocenters. The van der Waals surface area contributed by atoms with Crippen LogP contribution >= 0.6 is 0 Å². The fourth-order valence-electron chi connectivity index (χ4n) is 2.29. The van der Waals surface area contributed by atoms with Crippen LogP contribution in [0.4, 0.5) is 5.69 Å². The first kappa shape index (κ1) is 13.4. The molecule has 5 nitrogen and oxygen atoms in total. The van der Waals surface area contributed by atoms with Gasteiger partial charge in [0, 0.05) is 25.3 Å². The lowest BCUT2D eigenvalue weighted by Crippen LogP contribution is -2.40. The zero-order valence-corrected chi connectivity index (χ0v) is 10.9. The number of carbonyl (C=O) groups is 1. The van der Waals surface area contributed by atoms with Crippen LogP contribution in [0.15, 0.2) is 18.2 Å². The van der Waals surface area contributed by atoms with Crippen molar-refractivity contribution in [2.24, 2.45) is 0 Å². The molecule has 100 valence electrons. The van der Waals surface area contributed by atoms with Crippen molar-refractivity contribution in [1.82, 2.24) is 10.2 Å². The molecule has 0 saturated heterocycles. The summed E-state index contributed by atoms with van der Waals surface area (Å²) in [6.07, 6.45) is 1.30. The Morgan fingerprint density at radius 1 is 1.47 bits per heavy atom. The van der Waals surface area contributed by atoms with Gasteiger partial charge in [-0.15, -0.1) is 0 Å². The number of anilines is 1. The second kappa shape index (κ2) is 6.21. The minimum absolute atomic E-state index is 0.0254. The molecule has 0 atom stereocenters. The van der Waals surface area contributed by atoms with Crippen molar-refractivity contribution >= 4 is 11.6 Å². The summed E-state index contributed by atoms with van der Waals surface area (Å²) in [6, 6.07) is 7.97. The van der Waals surface area contributed by atoms with Crippen molar-refractivity contribution in [1.29, 1.82) is 5.26 Å². The second-order valence-corrected chi connectivity index (χ2v) is 4.75. The van der Waals surface area contributed by atoms with Crippen LogP contribution in [0.5, 0.6) is 0 Å². The lowest BCUT2D eigenvalue weighted by Gasteiger charge is -2.28. The average Bonchev–Trinajstić information content (AvgIpc) is 2.38. The number of nitrogen functional groups attached to an aromatic ring is 1. The molecule has 1 aliphatic rings. The maximum atomic E-state index is 11.7. The van der Waals surface area contributed by atoms with Crippen molar-refractivity contribution < 1.29 is 4.79 Å². The quantitative estimate of drug-likeness (QED) is 0.614. The minimum atomic E-state index is -0.0254. The SMILES string of the molecule is N#CCCNC(=O)CN1CCc2ccc(N)cc2C1. The van der Waals surface area contributed by atoms with Crippen molar-refractivity contribution in [3.05, 3.63) is 29.3 Å². The van der Waals surface area contributed by atoms with Crippen molar-refractivity contribution in [2.45, 2.75) is 19.4 Å². The molecule has 0 aliphatic carbocycles. The Hall–Kier alpha value is -2.06. The summed E-state index contributed by atoms with van der Waals surface area (Å²) in [5.74, 6) is -0.0254. The summed E-state index contributed by atoms with van der Waals surface area (Å²) < 4.78 is 0. The molecule has 1 aromatic carbocycles. The lowest BCUT2D eigenvalue weighted by molar-refractivity contribution is -0.122. The molecule has 1 aliphatic heterocycles. The van der Waals surface area contributed by atoms with E-state index in [-0.39, 0.29) is 5.91 Å². The maximum Gasteiger partial charge on any atom is 0.234 e. The Morgan fingerprint density at radius 3 is 3.11 bits per heavy atom. The number of hydrogen-bond donors (Lipinski definition) is 2. The lowest BCUT2D eigenvalue weighted by atomic mass is 9.99. The van der Waals surface area contributed by atoms with Gasteiger partial charge in [-0.3, -0.25) is 9.69 Å². The number of nitriles is 1. The topological polar surface area (TPSA) is 82.2 Å². The molecule has 0 aromatic heterocycles. The van der Waals surface area contributed by atoms with Crippen LogP contribution in [0.1, 0.15) is 17.5 Å². The van der Waals surface area contributed by atoms with E-state index in [0.29, 0.717) is 19.5 Å². The van der Waals surface area contributed by atoms with Crippen molar-refractivity contribution in [3.8, 4) is 6.07 Å². The van der Waals surface area contributed by atoms with Crippen molar-refractivity contribution in [3.63, 3.8) is 0 Å². The minimum Gasteiger partial charge on any atom is -0.399 e. The van der Waals surface area contributed by atoms with Gasteiger partial charge in [0.2, 0.25) is 5.91 Å². The number of fused-ring (bicyclic) bond motifs is 1. The molecular weight excluding hydrogens is 240 g/mol. The Labute approximate surface area is 113 Å². The van der Waals surface area contributed by atoms with Crippen LogP contribution in [0.25, 0.3) is 0 Å². The first-order valence-electron chi connectivity index (χ1n) is 6.42. The van der Waals surface area contributed by atoms with Crippen LogP contribution in [-0.4, -0.2) is 30.4 Å². The maximum absolute atomic E-state index is 11.7. The van der Waals surface area contributed by atoms with Crippen LogP contribution in [0.3, 0.4) is 0 Å². The van der Waals surface area contributed by atoms with E-state index in [1.54, 1.807) is 0 Å². The van der Waals surface area contributed by atoms with Crippen molar-refractivity contribution in [2.75, 3.05) is 25.4 Å². The normalized spacial score (nSPS) is 14.5. The monoisotopic (exact) mass is 258 g/mol. The van der Waals surface area contributed by atoms with Gasteiger partial charge in [0.15, 0.2) is 0 Å². The largest absolute Gasteiger partial charge is 0.399 e. The number of hydrogen-bond acceptors (Lipinski definition) is 4. The predicted molar refractivity (Wildman–Crippen MR) is 73.1 cm³/mol. The Morgan fingerprint density at radius 2 is 2.32 bits per heavy atom. The first-order valence-corrected chi connectivity index (χ1v) is 6.42. The van der Waals surface area contributed by atoms with Gasteiger partial charge in [0.05, 0.1) is 19.0 Å². The van der Waals surface area contributed by atoms with Crippen LogP contribution in [0, 0.1) is 11.3 Å². The van der Waals surface area contributed by atoms with E-state index >= 15 is 0 Å². The summed E-state index contributed by atoms with van der Waals surface area (Å²) in [7, 11) is 0. The third kappa shape index (κ3) is 3.70. The number of nitrogens with zero attached hydrogens (tertiary/aromatic N) is 2. The number of amides is 1. The standard InChI is InChI=1S/C14H18N4O/c15-5-1-6-17-14(19)10-18-7-4-11-2-3-13(16)8-12(11)9-18/h2-3,8H,1,4,6-7,9-10,16H2,(H,17,19). The Bertz CT molecular complexity index is 507. The van der Waals surface area contributed by atoms with E-state index in [1.807, 2.05) is 18.2 Å². The molecule has 0 radical (unpaired) electrons. The molecule has 0 bridgehead atoms. The highest BCUT2D eigenvalue weighted by Gasteiger charge is 2.18. The van der Waals surface area contributed by atoms with Gasteiger partial charge >= 0.3 is 0 Å². The molecule has 1 aromatic rings.